The van der Waals surface area contributed by atoms with E-state index in [0.29, 0.717) is 16.7 Å². The molecule has 1 aliphatic heterocycles. The summed E-state index contributed by atoms with van der Waals surface area (Å²) in [4.78, 5) is 22.5. The Morgan fingerprint density at radius 2 is 2.09 bits per heavy atom. The van der Waals surface area contributed by atoms with Gasteiger partial charge in [-0.3, -0.25) is 14.9 Å². The molecular weight excluding hydrogens is 298 g/mol. The lowest BCUT2D eigenvalue weighted by atomic mass is 9.99. The maximum absolute atomic E-state index is 12.2. The molecule has 0 radical (unpaired) electrons. The first-order valence-electron chi connectivity index (χ1n) is 7.46. The molecule has 3 rings (SSSR count). The van der Waals surface area contributed by atoms with Gasteiger partial charge < -0.3 is 4.90 Å². The first-order valence-corrected chi connectivity index (χ1v) is 8.44. The average Bonchev–Trinajstić information content (AvgIpc) is 3.03. The van der Waals surface area contributed by atoms with Gasteiger partial charge in [0, 0.05) is 31.0 Å². The summed E-state index contributed by atoms with van der Waals surface area (Å²) in [5.41, 5.74) is 0.936. The van der Waals surface area contributed by atoms with Crippen molar-refractivity contribution in [1.29, 1.82) is 0 Å². The van der Waals surface area contributed by atoms with Crippen LogP contribution in [0.1, 0.15) is 19.8 Å². The number of nitrogens with zero attached hydrogens (tertiary/aromatic N) is 4. The molecule has 6 nitrogen and oxygen atoms in total. The van der Waals surface area contributed by atoms with Gasteiger partial charge in [0.25, 0.3) is 0 Å². The number of carbonyl (C=O) groups is 1. The van der Waals surface area contributed by atoms with E-state index in [1.807, 2.05) is 17.0 Å². The fourth-order valence-electron chi connectivity index (χ4n) is 2.43. The second kappa shape index (κ2) is 6.91. The van der Waals surface area contributed by atoms with Crippen molar-refractivity contribution in [3.63, 3.8) is 0 Å². The molecule has 2 aromatic rings. The van der Waals surface area contributed by atoms with Crippen LogP contribution in [0.4, 0.5) is 0 Å². The molecule has 0 unspecified atom stereocenters. The Kier molecular flexibility index (Phi) is 4.72. The number of amides is 1. The van der Waals surface area contributed by atoms with Crippen LogP contribution in [0, 0.1) is 5.92 Å². The molecular formula is C15H19N5OS. The third-order valence-electron chi connectivity index (χ3n) is 3.88. The number of thioether (sulfide) groups is 1. The van der Waals surface area contributed by atoms with Gasteiger partial charge in [-0.15, -0.1) is 5.10 Å². The maximum atomic E-state index is 12.2. The molecule has 0 aromatic carbocycles. The summed E-state index contributed by atoms with van der Waals surface area (Å²) in [5, 5.41) is 7.66. The number of nitrogens with one attached hydrogen (secondary N) is 1. The van der Waals surface area contributed by atoms with Crippen molar-refractivity contribution in [1.82, 2.24) is 25.1 Å². The van der Waals surface area contributed by atoms with E-state index in [0.717, 1.165) is 37.4 Å². The fraction of sp³-hybridized carbons (Fsp3) is 0.467. The minimum Gasteiger partial charge on any atom is -0.342 e. The van der Waals surface area contributed by atoms with Crippen LogP contribution in [0.3, 0.4) is 0 Å². The summed E-state index contributed by atoms with van der Waals surface area (Å²) in [6.45, 7) is 3.98. The SMILES string of the molecule is CC1CCN(C(=O)CSc2n[nH]c(-c3ccncc3)n2)CC1. The van der Waals surface area contributed by atoms with Gasteiger partial charge in [0.15, 0.2) is 5.82 Å². The first kappa shape index (κ1) is 15.0. The second-order valence-electron chi connectivity index (χ2n) is 5.55. The van der Waals surface area contributed by atoms with Gasteiger partial charge in [-0.2, -0.15) is 0 Å². The first-order chi connectivity index (χ1) is 10.7. The Bertz CT molecular complexity index is 622. The van der Waals surface area contributed by atoms with E-state index in [9.17, 15) is 4.79 Å². The molecule has 1 saturated heterocycles. The molecule has 0 bridgehead atoms. The van der Waals surface area contributed by atoms with Crippen molar-refractivity contribution in [2.75, 3.05) is 18.8 Å². The number of pyridine rings is 1. The highest BCUT2D eigenvalue weighted by Crippen LogP contribution is 2.20. The van der Waals surface area contributed by atoms with Crippen molar-refractivity contribution in [3.05, 3.63) is 24.5 Å². The molecule has 0 saturated carbocycles. The Hall–Kier alpha value is -1.89. The van der Waals surface area contributed by atoms with Crippen LogP contribution in [-0.4, -0.2) is 49.8 Å². The lowest BCUT2D eigenvalue weighted by Gasteiger charge is -2.30. The summed E-state index contributed by atoms with van der Waals surface area (Å²) >= 11 is 1.38. The number of carbonyl (C=O) groups excluding carboxylic acids is 1. The number of H-pyrrole nitrogens is 1. The smallest absolute Gasteiger partial charge is 0.233 e. The van der Waals surface area contributed by atoms with E-state index in [4.69, 9.17) is 0 Å². The topological polar surface area (TPSA) is 74.8 Å². The molecule has 3 heterocycles. The van der Waals surface area contributed by atoms with E-state index in [1.54, 1.807) is 12.4 Å². The number of hydrogen-bond donors (Lipinski definition) is 1. The molecule has 116 valence electrons. The van der Waals surface area contributed by atoms with Crippen molar-refractivity contribution in [3.8, 4) is 11.4 Å². The largest absolute Gasteiger partial charge is 0.342 e. The van der Waals surface area contributed by atoms with Crippen LogP contribution in [0.15, 0.2) is 29.7 Å². The van der Waals surface area contributed by atoms with Gasteiger partial charge in [0.1, 0.15) is 0 Å². The number of aromatic nitrogens is 4. The minimum atomic E-state index is 0.173. The maximum Gasteiger partial charge on any atom is 0.233 e. The number of aromatic amines is 1. The molecule has 22 heavy (non-hydrogen) atoms. The monoisotopic (exact) mass is 317 g/mol. The van der Waals surface area contributed by atoms with Crippen molar-refractivity contribution >= 4 is 17.7 Å². The molecule has 7 heteroatoms. The normalized spacial score (nSPS) is 16.0. The Morgan fingerprint density at radius 1 is 1.36 bits per heavy atom. The van der Waals surface area contributed by atoms with Crippen molar-refractivity contribution < 1.29 is 4.79 Å². The Balaban J connectivity index is 1.54. The zero-order valence-electron chi connectivity index (χ0n) is 12.5. The molecule has 2 aromatic heterocycles. The van der Waals surface area contributed by atoms with E-state index >= 15 is 0 Å². The van der Waals surface area contributed by atoms with Crippen molar-refractivity contribution in [2.24, 2.45) is 5.92 Å². The molecule has 1 N–H and O–H groups in total. The zero-order chi connectivity index (χ0) is 15.4. The summed E-state index contributed by atoms with van der Waals surface area (Å²) in [5.74, 6) is 1.99. The third kappa shape index (κ3) is 3.65. The second-order valence-corrected chi connectivity index (χ2v) is 6.50. The van der Waals surface area contributed by atoms with Crippen molar-refractivity contribution in [2.45, 2.75) is 24.9 Å². The number of rotatable bonds is 4. The van der Waals surface area contributed by atoms with Gasteiger partial charge in [0.2, 0.25) is 11.1 Å². The summed E-state index contributed by atoms with van der Waals surface area (Å²) in [7, 11) is 0. The number of piperidine rings is 1. The van der Waals surface area contributed by atoms with Crippen LogP contribution < -0.4 is 0 Å². The predicted molar refractivity (Wildman–Crippen MR) is 85.3 cm³/mol. The van der Waals surface area contributed by atoms with Gasteiger partial charge >= 0.3 is 0 Å². The highest BCUT2D eigenvalue weighted by Gasteiger charge is 2.20. The zero-order valence-corrected chi connectivity index (χ0v) is 13.3. The number of likely N-dealkylation sites (tertiary alicyclic amines) is 1. The van der Waals surface area contributed by atoms with Gasteiger partial charge in [-0.25, -0.2) is 4.98 Å². The molecule has 0 atom stereocenters. The lowest BCUT2D eigenvalue weighted by molar-refractivity contribution is -0.129. The quantitative estimate of drug-likeness (QED) is 0.875. The molecule has 1 fully saturated rings. The van der Waals surface area contributed by atoms with Gasteiger partial charge in [-0.1, -0.05) is 18.7 Å². The number of hydrogen-bond acceptors (Lipinski definition) is 5. The standard InChI is InChI=1S/C15H19N5OS/c1-11-4-8-20(9-5-11)13(21)10-22-15-17-14(18-19-15)12-2-6-16-7-3-12/h2-3,6-7,11H,4-5,8-10H2,1H3,(H,17,18,19). The highest BCUT2D eigenvalue weighted by atomic mass is 32.2. The molecule has 0 spiro atoms. The highest BCUT2D eigenvalue weighted by molar-refractivity contribution is 7.99. The van der Waals surface area contributed by atoms with Gasteiger partial charge in [-0.05, 0) is 30.9 Å². The lowest BCUT2D eigenvalue weighted by Crippen LogP contribution is -2.38. The Morgan fingerprint density at radius 3 is 2.82 bits per heavy atom. The van der Waals surface area contributed by atoms with E-state index in [2.05, 4.69) is 27.1 Å². The van der Waals surface area contributed by atoms with Crippen LogP contribution in [-0.2, 0) is 4.79 Å². The Labute approximate surface area is 133 Å². The third-order valence-corrected chi connectivity index (χ3v) is 4.71. The minimum absolute atomic E-state index is 0.173. The predicted octanol–water partition coefficient (Wildman–Crippen LogP) is 2.22. The van der Waals surface area contributed by atoms with E-state index in [-0.39, 0.29) is 5.91 Å². The summed E-state index contributed by atoms with van der Waals surface area (Å²) in [6.07, 6.45) is 5.63. The van der Waals surface area contributed by atoms with Crippen LogP contribution >= 0.6 is 11.8 Å². The van der Waals surface area contributed by atoms with Gasteiger partial charge in [0.05, 0.1) is 5.75 Å². The van der Waals surface area contributed by atoms with E-state index in [1.165, 1.54) is 11.8 Å². The van der Waals surface area contributed by atoms with Crippen LogP contribution in [0.25, 0.3) is 11.4 Å². The van der Waals surface area contributed by atoms with Crippen LogP contribution in [0.5, 0.6) is 0 Å². The van der Waals surface area contributed by atoms with E-state index < -0.39 is 0 Å². The average molecular weight is 317 g/mol. The van der Waals surface area contributed by atoms with Crippen LogP contribution in [0.2, 0.25) is 0 Å². The molecule has 1 aliphatic rings. The molecule has 0 aliphatic carbocycles. The fourth-order valence-corrected chi connectivity index (χ4v) is 3.13. The summed E-state index contributed by atoms with van der Waals surface area (Å²) in [6, 6.07) is 3.74. The summed E-state index contributed by atoms with van der Waals surface area (Å²) < 4.78 is 0. The molecule has 1 amide bonds.